The zero-order valence-electron chi connectivity index (χ0n) is 12.2. The lowest BCUT2D eigenvalue weighted by Crippen LogP contribution is -2.19. The molecule has 3 N–H and O–H groups in total. The molecule has 0 saturated carbocycles. The maximum Gasteiger partial charge on any atom is 0.245 e. The monoisotopic (exact) mass is 348 g/mol. The normalized spacial score (nSPS) is 17.0. The summed E-state index contributed by atoms with van der Waals surface area (Å²) >= 11 is 3.57. The van der Waals surface area contributed by atoms with Gasteiger partial charge in [-0.2, -0.15) is 5.10 Å². The largest absolute Gasteiger partial charge is 0.324 e. The molecule has 0 radical (unpaired) electrons. The van der Waals surface area contributed by atoms with Crippen LogP contribution in [0.3, 0.4) is 0 Å². The highest BCUT2D eigenvalue weighted by atomic mass is 79.9. The summed E-state index contributed by atoms with van der Waals surface area (Å²) in [6, 6.07) is 3.22. The third-order valence-corrected chi connectivity index (χ3v) is 4.65. The lowest BCUT2D eigenvalue weighted by atomic mass is 10.1. The highest BCUT2D eigenvalue weighted by molar-refractivity contribution is 9.10. The second-order valence-electron chi connectivity index (χ2n) is 5.27. The molecule has 1 aliphatic heterocycles. The van der Waals surface area contributed by atoms with Gasteiger partial charge in [0.1, 0.15) is 6.04 Å². The standard InChI is InChI=1S/C15H17BrN4O/c1-4-9-7(2)19-20(8(9)3)13-6-12-10(5-11(13)16)14(17)15(21)18-12/h5-6,14H,4,17H2,1-3H3,(H,18,21). The molecule has 2 aromatic rings. The molecule has 2 heterocycles. The Bertz CT molecular complexity index is 751. The molecule has 1 unspecified atom stereocenters. The number of nitrogens with one attached hydrogen (secondary N) is 1. The zero-order chi connectivity index (χ0) is 15.3. The number of carbonyl (C=O) groups excluding carboxylic acids is 1. The van der Waals surface area contributed by atoms with E-state index in [1.807, 2.05) is 23.7 Å². The summed E-state index contributed by atoms with van der Waals surface area (Å²) in [5.74, 6) is -0.170. The number of hydrogen-bond acceptors (Lipinski definition) is 3. The van der Waals surface area contributed by atoms with Gasteiger partial charge in [0.2, 0.25) is 5.91 Å². The summed E-state index contributed by atoms with van der Waals surface area (Å²) in [7, 11) is 0. The molecule has 3 rings (SSSR count). The Hall–Kier alpha value is -1.66. The molecule has 0 saturated heterocycles. The van der Waals surface area contributed by atoms with Crippen molar-refractivity contribution in [3.63, 3.8) is 0 Å². The minimum Gasteiger partial charge on any atom is -0.324 e. The van der Waals surface area contributed by atoms with Gasteiger partial charge in [-0.1, -0.05) is 6.92 Å². The molecule has 1 aromatic heterocycles. The van der Waals surface area contributed by atoms with Crippen molar-refractivity contribution in [2.45, 2.75) is 33.2 Å². The van der Waals surface area contributed by atoms with Crippen molar-refractivity contribution in [1.82, 2.24) is 9.78 Å². The average molecular weight is 349 g/mol. The van der Waals surface area contributed by atoms with Crippen molar-refractivity contribution < 1.29 is 4.79 Å². The molecule has 0 fully saturated rings. The van der Waals surface area contributed by atoms with Gasteiger partial charge in [-0.25, -0.2) is 4.68 Å². The van der Waals surface area contributed by atoms with Gasteiger partial charge in [0.15, 0.2) is 0 Å². The Morgan fingerprint density at radius 1 is 1.43 bits per heavy atom. The van der Waals surface area contributed by atoms with Crippen molar-refractivity contribution in [1.29, 1.82) is 0 Å². The number of halogens is 1. The van der Waals surface area contributed by atoms with Crippen LogP contribution in [0.25, 0.3) is 5.69 Å². The second-order valence-corrected chi connectivity index (χ2v) is 6.13. The van der Waals surface area contributed by atoms with Crippen LogP contribution in [0.15, 0.2) is 16.6 Å². The lowest BCUT2D eigenvalue weighted by Gasteiger charge is -2.11. The number of benzene rings is 1. The summed E-state index contributed by atoms with van der Waals surface area (Å²) in [4.78, 5) is 11.7. The van der Waals surface area contributed by atoms with Gasteiger partial charge in [-0.3, -0.25) is 4.79 Å². The molecule has 1 atom stereocenters. The van der Waals surface area contributed by atoms with Gasteiger partial charge in [-0.15, -0.1) is 0 Å². The molecule has 1 amide bonds. The van der Waals surface area contributed by atoms with E-state index in [4.69, 9.17) is 5.73 Å². The highest BCUT2D eigenvalue weighted by Gasteiger charge is 2.28. The summed E-state index contributed by atoms with van der Waals surface area (Å²) in [6.45, 7) is 6.20. The predicted octanol–water partition coefficient (Wildman–Crippen LogP) is 2.77. The van der Waals surface area contributed by atoms with Gasteiger partial charge in [0.25, 0.3) is 0 Å². The fourth-order valence-electron chi connectivity index (χ4n) is 2.88. The Kier molecular flexibility index (Phi) is 3.37. The molecule has 5 nitrogen and oxygen atoms in total. The topological polar surface area (TPSA) is 72.9 Å². The summed E-state index contributed by atoms with van der Waals surface area (Å²) < 4.78 is 2.79. The van der Waals surface area contributed by atoms with E-state index in [1.165, 1.54) is 5.56 Å². The van der Waals surface area contributed by atoms with Crippen molar-refractivity contribution >= 4 is 27.5 Å². The van der Waals surface area contributed by atoms with Crippen molar-refractivity contribution in [3.05, 3.63) is 39.1 Å². The maximum atomic E-state index is 11.7. The first-order valence-corrected chi connectivity index (χ1v) is 7.68. The van der Waals surface area contributed by atoms with E-state index in [2.05, 4.69) is 40.2 Å². The van der Waals surface area contributed by atoms with E-state index in [0.29, 0.717) is 0 Å². The molecule has 0 bridgehead atoms. The number of fused-ring (bicyclic) bond motifs is 1. The van der Waals surface area contributed by atoms with E-state index in [0.717, 1.165) is 39.2 Å². The van der Waals surface area contributed by atoms with E-state index in [1.54, 1.807) is 0 Å². The number of carbonyl (C=O) groups is 1. The van der Waals surface area contributed by atoms with Crippen molar-refractivity contribution in [2.24, 2.45) is 5.73 Å². The fraction of sp³-hybridized carbons (Fsp3) is 0.333. The first-order chi connectivity index (χ1) is 9.93. The van der Waals surface area contributed by atoms with Crippen LogP contribution in [-0.4, -0.2) is 15.7 Å². The molecule has 1 aliphatic rings. The van der Waals surface area contributed by atoms with Gasteiger partial charge < -0.3 is 11.1 Å². The van der Waals surface area contributed by atoms with E-state index in [9.17, 15) is 4.79 Å². The van der Waals surface area contributed by atoms with Crippen LogP contribution in [0.1, 0.15) is 35.5 Å². The molecule has 110 valence electrons. The molecule has 0 spiro atoms. The Labute approximate surface area is 131 Å². The number of nitrogens with zero attached hydrogens (tertiary/aromatic N) is 2. The van der Waals surface area contributed by atoms with Gasteiger partial charge in [0.05, 0.1) is 11.4 Å². The van der Waals surface area contributed by atoms with Gasteiger partial charge in [0, 0.05) is 21.4 Å². The summed E-state index contributed by atoms with van der Waals surface area (Å²) in [5.41, 5.74) is 11.7. The number of hydrogen-bond donors (Lipinski definition) is 2. The van der Waals surface area contributed by atoms with E-state index in [-0.39, 0.29) is 5.91 Å². The van der Waals surface area contributed by atoms with Crippen LogP contribution in [0, 0.1) is 13.8 Å². The number of aryl methyl sites for hydroxylation is 1. The molecular formula is C15H17BrN4O. The number of aromatic nitrogens is 2. The summed E-state index contributed by atoms with van der Waals surface area (Å²) in [5, 5.41) is 7.43. The second kappa shape index (κ2) is 4.96. The number of rotatable bonds is 2. The van der Waals surface area contributed by atoms with E-state index < -0.39 is 6.04 Å². The Morgan fingerprint density at radius 2 is 2.14 bits per heavy atom. The third-order valence-electron chi connectivity index (χ3n) is 4.02. The smallest absolute Gasteiger partial charge is 0.245 e. The highest BCUT2D eigenvalue weighted by Crippen LogP contribution is 2.36. The molecular weight excluding hydrogens is 332 g/mol. The van der Waals surface area contributed by atoms with Crippen LogP contribution in [-0.2, 0) is 11.2 Å². The third kappa shape index (κ3) is 2.10. The Balaban J connectivity index is 2.17. The first kappa shape index (κ1) is 14.3. The minimum atomic E-state index is -0.600. The fourth-order valence-corrected chi connectivity index (χ4v) is 3.41. The van der Waals surface area contributed by atoms with Crippen LogP contribution in [0.2, 0.25) is 0 Å². The van der Waals surface area contributed by atoms with Crippen LogP contribution < -0.4 is 11.1 Å². The van der Waals surface area contributed by atoms with Crippen LogP contribution in [0.4, 0.5) is 5.69 Å². The van der Waals surface area contributed by atoms with Crippen molar-refractivity contribution in [2.75, 3.05) is 5.32 Å². The molecule has 1 aromatic carbocycles. The minimum absolute atomic E-state index is 0.170. The molecule has 6 heteroatoms. The maximum absolute atomic E-state index is 11.7. The number of nitrogens with two attached hydrogens (primary N) is 1. The van der Waals surface area contributed by atoms with Gasteiger partial charge in [-0.05, 0) is 53.9 Å². The number of anilines is 1. The summed E-state index contributed by atoms with van der Waals surface area (Å²) in [6.07, 6.45) is 0.946. The zero-order valence-corrected chi connectivity index (χ0v) is 13.8. The average Bonchev–Trinajstić information content (AvgIpc) is 2.87. The quantitative estimate of drug-likeness (QED) is 0.876. The molecule has 21 heavy (non-hydrogen) atoms. The van der Waals surface area contributed by atoms with E-state index >= 15 is 0 Å². The van der Waals surface area contributed by atoms with Crippen LogP contribution in [0.5, 0.6) is 0 Å². The SMILES string of the molecule is CCc1c(C)nn(-c2cc3c(cc2Br)C(N)C(=O)N3)c1C. The number of amides is 1. The Morgan fingerprint density at radius 3 is 2.76 bits per heavy atom. The lowest BCUT2D eigenvalue weighted by molar-refractivity contribution is -0.116. The molecule has 0 aliphatic carbocycles. The van der Waals surface area contributed by atoms with Gasteiger partial charge >= 0.3 is 0 Å². The van der Waals surface area contributed by atoms with Crippen molar-refractivity contribution in [3.8, 4) is 5.69 Å². The predicted molar refractivity (Wildman–Crippen MR) is 85.7 cm³/mol. The first-order valence-electron chi connectivity index (χ1n) is 6.89. The van der Waals surface area contributed by atoms with Crippen LogP contribution >= 0.6 is 15.9 Å².